The number of aliphatic carboxylic acids is 1. The van der Waals surface area contributed by atoms with Crippen LogP contribution in [0.5, 0.6) is 0 Å². The molecule has 0 aromatic carbocycles. The van der Waals surface area contributed by atoms with Crippen LogP contribution in [0.15, 0.2) is 10.8 Å². The predicted molar refractivity (Wildman–Crippen MR) is 33.8 cm³/mol. The molecule has 1 aliphatic carbocycles. The Balaban J connectivity index is 2.74. The molecule has 3 heteroatoms. The fraction of sp³-hybridized carbons (Fsp3) is 0.400. The van der Waals surface area contributed by atoms with Gasteiger partial charge in [-0.3, -0.25) is 0 Å². The number of carboxylic acids is 1. The molecule has 44 valence electrons. The van der Waals surface area contributed by atoms with Crippen LogP contribution in [-0.4, -0.2) is 21.3 Å². The summed E-state index contributed by atoms with van der Waals surface area (Å²) >= 11 is 0. The molecule has 0 aliphatic heterocycles. The number of allylic oxidation sites excluding steroid dienone is 1. The molecule has 0 saturated heterocycles. The van der Waals surface area contributed by atoms with Gasteiger partial charge in [0.25, 0.3) is 0 Å². The maximum Gasteiger partial charge on any atom is 0.331 e. The molecular weight excluding hydrogens is 120 g/mol. The van der Waals surface area contributed by atoms with Crippen LogP contribution in [0.4, 0.5) is 0 Å². The Labute approximate surface area is 50.6 Å². The smallest absolute Gasteiger partial charge is 0.331 e. The van der Waals surface area contributed by atoms with Gasteiger partial charge in [0, 0.05) is 15.8 Å². The van der Waals surface area contributed by atoms with Gasteiger partial charge < -0.3 is 5.11 Å². The average molecular weight is 128 g/mol. The molecule has 0 spiro atoms. The largest absolute Gasteiger partial charge is 0.478 e. The molecule has 0 bridgehead atoms. The van der Waals surface area contributed by atoms with Crippen molar-refractivity contribution in [3.8, 4) is 0 Å². The lowest BCUT2D eigenvalue weighted by Gasteiger charge is -2.15. The summed E-state index contributed by atoms with van der Waals surface area (Å²) in [5.41, 5.74) is 0.677. The van der Waals surface area contributed by atoms with E-state index in [0.717, 1.165) is 23.1 Å². The maximum atomic E-state index is 10.2. The Bertz CT molecular complexity index is 160. The van der Waals surface area contributed by atoms with E-state index in [1.54, 1.807) is 0 Å². The van der Waals surface area contributed by atoms with Crippen LogP contribution in [0.25, 0.3) is 0 Å². The van der Waals surface area contributed by atoms with Crippen LogP contribution in [0.3, 0.4) is 0 Å². The molecule has 0 aromatic rings. The number of carboxylic acid groups (broad SMARTS) is 1. The minimum atomic E-state index is -0.707. The van der Waals surface area contributed by atoms with E-state index in [1.165, 1.54) is 5.20 Å². The first-order valence-electron chi connectivity index (χ1n) is 2.63. The van der Waals surface area contributed by atoms with Gasteiger partial charge in [0.05, 0.1) is 0 Å². The van der Waals surface area contributed by atoms with Crippen LogP contribution >= 0.6 is 0 Å². The summed E-state index contributed by atoms with van der Waals surface area (Å²) in [4.78, 5) is 10.2. The van der Waals surface area contributed by atoms with Crippen molar-refractivity contribution in [2.24, 2.45) is 0 Å². The molecule has 1 rings (SSSR count). The summed E-state index contributed by atoms with van der Waals surface area (Å²) in [6.45, 7) is 0. The fourth-order valence-electron chi connectivity index (χ4n) is 0.789. The highest BCUT2D eigenvalue weighted by atomic mass is 28.1. The Kier molecular flexibility index (Phi) is 1.21. The third kappa shape index (κ3) is 0.689. The van der Waals surface area contributed by atoms with Crippen molar-refractivity contribution in [2.45, 2.75) is 12.8 Å². The van der Waals surface area contributed by atoms with Crippen LogP contribution in [0.2, 0.25) is 0 Å². The minimum absolute atomic E-state index is 0.677. The standard InChI is InChI=1S/C5H8O2Si/c6-5(7)3-1-2-4(3)8/h1-2H2,8H3,(H,6,7). The van der Waals surface area contributed by atoms with Crippen molar-refractivity contribution in [1.29, 1.82) is 0 Å². The lowest BCUT2D eigenvalue weighted by Crippen LogP contribution is -2.12. The number of hydrogen-bond acceptors (Lipinski definition) is 1. The van der Waals surface area contributed by atoms with Gasteiger partial charge in [-0.1, -0.05) is 5.20 Å². The summed E-state index contributed by atoms with van der Waals surface area (Å²) < 4.78 is 0. The molecule has 1 aliphatic rings. The molecule has 2 nitrogen and oxygen atoms in total. The van der Waals surface area contributed by atoms with E-state index < -0.39 is 5.97 Å². The van der Waals surface area contributed by atoms with E-state index in [0.29, 0.717) is 5.57 Å². The average Bonchev–Trinajstić information content (AvgIpc) is 1.61. The Morgan fingerprint density at radius 3 is 2.25 bits per heavy atom. The van der Waals surface area contributed by atoms with Crippen molar-refractivity contribution in [3.63, 3.8) is 0 Å². The van der Waals surface area contributed by atoms with Crippen LogP contribution < -0.4 is 0 Å². The Morgan fingerprint density at radius 2 is 2.25 bits per heavy atom. The number of rotatable bonds is 1. The number of carbonyl (C=O) groups is 1. The molecule has 0 heterocycles. The van der Waals surface area contributed by atoms with Gasteiger partial charge in [-0.2, -0.15) is 0 Å². The quantitative estimate of drug-likeness (QED) is 0.483. The molecule has 0 fully saturated rings. The summed E-state index contributed by atoms with van der Waals surface area (Å²) in [6.07, 6.45) is 1.84. The Hall–Kier alpha value is -0.573. The Morgan fingerprint density at radius 1 is 1.62 bits per heavy atom. The van der Waals surface area contributed by atoms with E-state index in [4.69, 9.17) is 5.11 Å². The zero-order valence-electron chi connectivity index (χ0n) is 4.77. The van der Waals surface area contributed by atoms with Gasteiger partial charge in [0.2, 0.25) is 0 Å². The SMILES string of the molecule is O=C(O)C1=C([SiH3])CC1. The lowest BCUT2D eigenvalue weighted by molar-refractivity contribution is -0.133. The van der Waals surface area contributed by atoms with Crippen molar-refractivity contribution >= 4 is 16.2 Å². The molecular formula is C5H8O2Si. The molecule has 8 heavy (non-hydrogen) atoms. The molecule has 0 saturated carbocycles. The van der Waals surface area contributed by atoms with Crippen LogP contribution in [0, 0.1) is 0 Å². The molecule has 0 unspecified atom stereocenters. The highest BCUT2D eigenvalue weighted by Gasteiger charge is 2.18. The summed E-state index contributed by atoms with van der Waals surface area (Å²) in [5, 5.41) is 9.55. The molecule has 0 amide bonds. The van der Waals surface area contributed by atoms with E-state index >= 15 is 0 Å². The molecule has 0 atom stereocenters. The van der Waals surface area contributed by atoms with Crippen molar-refractivity contribution in [2.75, 3.05) is 0 Å². The van der Waals surface area contributed by atoms with Gasteiger partial charge in [0.1, 0.15) is 0 Å². The van der Waals surface area contributed by atoms with Gasteiger partial charge in [-0.15, -0.1) is 0 Å². The first kappa shape index (κ1) is 5.56. The topological polar surface area (TPSA) is 37.3 Å². The molecule has 0 aromatic heterocycles. The second-order valence-corrected chi connectivity index (χ2v) is 3.27. The van der Waals surface area contributed by atoms with E-state index in [9.17, 15) is 4.79 Å². The van der Waals surface area contributed by atoms with E-state index in [-0.39, 0.29) is 0 Å². The zero-order chi connectivity index (χ0) is 6.15. The monoisotopic (exact) mass is 128 g/mol. The first-order valence-corrected chi connectivity index (χ1v) is 3.63. The fourth-order valence-corrected chi connectivity index (χ4v) is 1.50. The van der Waals surface area contributed by atoms with Gasteiger partial charge in [-0.05, 0) is 12.8 Å². The number of hydrogen-bond donors (Lipinski definition) is 1. The highest BCUT2D eigenvalue weighted by molar-refractivity contribution is 6.25. The van der Waals surface area contributed by atoms with E-state index in [2.05, 4.69) is 0 Å². The second-order valence-electron chi connectivity index (χ2n) is 2.06. The lowest BCUT2D eigenvalue weighted by atomic mass is 9.99. The predicted octanol–water partition coefficient (Wildman–Crippen LogP) is -0.516. The van der Waals surface area contributed by atoms with Gasteiger partial charge in [0.15, 0.2) is 0 Å². The van der Waals surface area contributed by atoms with E-state index in [1.807, 2.05) is 0 Å². The third-order valence-corrected chi connectivity index (χ3v) is 2.63. The zero-order valence-corrected chi connectivity index (χ0v) is 6.77. The first-order chi connectivity index (χ1) is 3.72. The third-order valence-electron chi connectivity index (χ3n) is 1.52. The maximum absolute atomic E-state index is 10.2. The normalized spacial score (nSPS) is 18.5. The summed E-state index contributed by atoms with van der Waals surface area (Å²) in [7, 11) is 0.936. The van der Waals surface area contributed by atoms with Crippen molar-refractivity contribution in [3.05, 3.63) is 10.8 Å². The highest BCUT2D eigenvalue weighted by Crippen LogP contribution is 2.24. The van der Waals surface area contributed by atoms with Crippen molar-refractivity contribution in [1.82, 2.24) is 0 Å². The molecule has 0 radical (unpaired) electrons. The second kappa shape index (κ2) is 1.74. The van der Waals surface area contributed by atoms with Crippen LogP contribution in [0.1, 0.15) is 12.8 Å². The minimum Gasteiger partial charge on any atom is -0.478 e. The summed E-state index contributed by atoms with van der Waals surface area (Å²) in [6, 6.07) is 0. The van der Waals surface area contributed by atoms with Gasteiger partial charge in [-0.25, -0.2) is 4.79 Å². The van der Waals surface area contributed by atoms with Gasteiger partial charge >= 0.3 is 5.97 Å². The molecule has 1 N–H and O–H groups in total. The van der Waals surface area contributed by atoms with Crippen LogP contribution in [-0.2, 0) is 4.79 Å². The summed E-state index contributed by atoms with van der Waals surface area (Å²) in [5.74, 6) is -0.707. The van der Waals surface area contributed by atoms with Crippen molar-refractivity contribution < 1.29 is 9.90 Å².